The molecule has 0 unspecified atom stereocenters. The van der Waals surface area contributed by atoms with Gasteiger partial charge in [-0.1, -0.05) is 31.0 Å². The number of halogens is 1. The average molecular weight is 388 g/mol. The molecule has 1 aliphatic heterocycles. The van der Waals surface area contributed by atoms with Crippen LogP contribution in [0, 0.1) is 0 Å². The van der Waals surface area contributed by atoms with E-state index in [2.05, 4.69) is 12.2 Å². The maximum absolute atomic E-state index is 12.7. The second-order valence-corrected chi connectivity index (χ2v) is 8.77. The maximum Gasteiger partial charge on any atom is 0.243 e. The van der Waals surface area contributed by atoms with E-state index in [9.17, 15) is 13.2 Å². The number of nitrogens with zero attached hydrogens (tertiary/aromatic N) is 2. The van der Waals surface area contributed by atoms with Crippen molar-refractivity contribution in [2.24, 2.45) is 0 Å². The molecule has 1 N–H and O–H groups in total. The molecule has 0 spiro atoms. The molecule has 1 aliphatic rings. The highest BCUT2D eigenvalue weighted by Gasteiger charge is 2.29. The Kier molecular flexibility index (Phi) is 7.25. The number of hydrogen-bond acceptors (Lipinski definition) is 4. The summed E-state index contributed by atoms with van der Waals surface area (Å²) in [6, 6.07) is 6.47. The molecule has 1 aromatic carbocycles. The summed E-state index contributed by atoms with van der Waals surface area (Å²) < 4.78 is 26.8. The smallest absolute Gasteiger partial charge is 0.243 e. The van der Waals surface area contributed by atoms with E-state index in [4.69, 9.17) is 11.6 Å². The van der Waals surface area contributed by atoms with Crippen molar-refractivity contribution in [1.29, 1.82) is 0 Å². The van der Waals surface area contributed by atoms with Gasteiger partial charge in [0.2, 0.25) is 15.9 Å². The molecular weight excluding hydrogens is 362 g/mol. The molecule has 140 valence electrons. The van der Waals surface area contributed by atoms with E-state index in [1.54, 1.807) is 18.2 Å². The van der Waals surface area contributed by atoms with Crippen molar-refractivity contribution in [3.05, 3.63) is 29.3 Å². The summed E-state index contributed by atoms with van der Waals surface area (Å²) >= 11 is 5.90. The van der Waals surface area contributed by atoms with E-state index in [-0.39, 0.29) is 16.8 Å². The van der Waals surface area contributed by atoms with E-state index in [0.29, 0.717) is 37.7 Å². The number of benzene rings is 1. The summed E-state index contributed by atoms with van der Waals surface area (Å²) in [6.45, 7) is 6.20. The van der Waals surface area contributed by atoms with Crippen molar-refractivity contribution in [2.45, 2.75) is 37.6 Å². The number of nitrogens with one attached hydrogen (secondary N) is 1. The zero-order chi connectivity index (χ0) is 18.4. The maximum atomic E-state index is 12.7. The van der Waals surface area contributed by atoms with Crippen molar-refractivity contribution < 1.29 is 13.2 Å². The third-order valence-electron chi connectivity index (χ3n) is 4.26. The first-order valence-electron chi connectivity index (χ1n) is 8.60. The summed E-state index contributed by atoms with van der Waals surface area (Å²) in [5.41, 5.74) is 0. The number of sulfonamides is 1. The van der Waals surface area contributed by atoms with Gasteiger partial charge in [-0.2, -0.15) is 4.31 Å². The van der Waals surface area contributed by atoms with Crippen LogP contribution in [0.1, 0.15) is 26.7 Å². The number of amides is 1. The normalized spacial score (nSPS) is 18.0. The van der Waals surface area contributed by atoms with E-state index in [0.717, 1.165) is 12.8 Å². The van der Waals surface area contributed by atoms with Crippen molar-refractivity contribution in [3.8, 4) is 0 Å². The highest BCUT2D eigenvalue weighted by atomic mass is 35.5. The van der Waals surface area contributed by atoms with Gasteiger partial charge in [0.25, 0.3) is 0 Å². The number of rotatable bonds is 7. The van der Waals surface area contributed by atoms with Crippen LogP contribution in [0.25, 0.3) is 0 Å². The van der Waals surface area contributed by atoms with Crippen LogP contribution in [0.5, 0.6) is 0 Å². The van der Waals surface area contributed by atoms with Gasteiger partial charge in [0.15, 0.2) is 0 Å². The molecule has 0 saturated carbocycles. The van der Waals surface area contributed by atoms with Crippen LogP contribution in [0.15, 0.2) is 29.2 Å². The van der Waals surface area contributed by atoms with Gasteiger partial charge >= 0.3 is 0 Å². The molecule has 0 radical (unpaired) electrons. The largest absolute Gasteiger partial charge is 0.353 e. The quantitative estimate of drug-likeness (QED) is 0.776. The Labute approximate surface area is 155 Å². The first kappa shape index (κ1) is 20.2. The molecule has 0 aliphatic carbocycles. The van der Waals surface area contributed by atoms with Crippen LogP contribution in [0.3, 0.4) is 0 Å². The van der Waals surface area contributed by atoms with Gasteiger partial charge in [0, 0.05) is 37.2 Å². The molecule has 25 heavy (non-hydrogen) atoms. The minimum Gasteiger partial charge on any atom is -0.353 e. The van der Waals surface area contributed by atoms with E-state index >= 15 is 0 Å². The molecule has 6 nitrogen and oxygen atoms in total. The first-order chi connectivity index (χ1) is 11.8. The molecule has 1 amide bonds. The number of piperazine rings is 1. The van der Waals surface area contributed by atoms with Gasteiger partial charge in [-0.25, -0.2) is 8.42 Å². The van der Waals surface area contributed by atoms with E-state index in [1.165, 1.54) is 10.4 Å². The average Bonchev–Trinajstić information content (AvgIpc) is 2.55. The zero-order valence-corrected chi connectivity index (χ0v) is 16.3. The summed E-state index contributed by atoms with van der Waals surface area (Å²) in [5, 5.41) is 3.38. The van der Waals surface area contributed by atoms with Crippen LogP contribution < -0.4 is 5.32 Å². The third kappa shape index (κ3) is 5.67. The SMILES string of the molecule is CCC[C@H](C)NC(=O)CN1CCN(S(=O)(=O)c2cccc(Cl)c2)CC1. The number of hydrogen-bond donors (Lipinski definition) is 1. The van der Waals surface area contributed by atoms with Gasteiger partial charge in [0.1, 0.15) is 0 Å². The Hall–Kier alpha value is -1.15. The lowest BCUT2D eigenvalue weighted by atomic mass is 10.2. The Morgan fingerprint density at radius 1 is 1.28 bits per heavy atom. The molecule has 1 fully saturated rings. The monoisotopic (exact) mass is 387 g/mol. The van der Waals surface area contributed by atoms with Gasteiger partial charge < -0.3 is 5.32 Å². The first-order valence-corrected chi connectivity index (χ1v) is 10.4. The summed E-state index contributed by atoms with van der Waals surface area (Å²) in [7, 11) is -3.54. The molecule has 1 heterocycles. The highest BCUT2D eigenvalue weighted by Crippen LogP contribution is 2.20. The van der Waals surface area contributed by atoms with Gasteiger partial charge in [0.05, 0.1) is 11.4 Å². The Morgan fingerprint density at radius 2 is 1.96 bits per heavy atom. The predicted molar refractivity (Wildman–Crippen MR) is 99.2 cm³/mol. The zero-order valence-electron chi connectivity index (χ0n) is 14.7. The lowest BCUT2D eigenvalue weighted by molar-refractivity contribution is -0.123. The molecule has 2 rings (SSSR count). The van der Waals surface area contributed by atoms with Crippen LogP contribution in [0.4, 0.5) is 0 Å². The molecular formula is C17H26ClN3O3S. The lowest BCUT2D eigenvalue weighted by Crippen LogP contribution is -2.51. The standard InChI is InChI=1S/C17H26ClN3O3S/c1-3-5-14(2)19-17(22)13-20-8-10-21(11-9-20)25(23,24)16-7-4-6-15(18)12-16/h4,6-7,12,14H,3,5,8-11,13H2,1-2H3,(H,19,22)/t14-/m0/s1. The fourth-order valence-electron chi connectivity index (χ4n) is 2.93. The second kappa shape index (κ2) is 8.98. The van der Waals surface area contributed by atoms with E-state index < -0.39 is 10.0 Å². The number of carbonyl (C=O) groups excluding carboxylic acids is 1. The van der Waals surface area contributed by atoms with Gasteiger partial charge in [-0.05, 0) is 31.5 Å². The second-order valence-electron chi connectivity index (χ2n) is 6.39. The third-order valence-corrected chi connectivity index (χ3v) is 6.39. The van der Waals surface area contributed by atoms with Crippen LogP contribution in [-0.2, 0) is 14.8 Å². The van der Waals surface area contributed by atoms with Gasteiger partial charge in [-0.3, -0.25) is 9.69 Å². The predicted octanol–water partition coefficient (Wildman–Crippen LogP) is 1.95. The topological polar surface area (TPSA) is 69.7 Å². The molecule has 0 aromatic heterocycles. The fourth-order valence-corrected chi connectivity index (χ4v) is 4.66. The summed E-state index contributed by atoms with van der Waals surface area (Å²) in [4.78, 5) is 14.2. The van der Waals surface area contributed by atoms with Crippen LogP contribution in [-0.4, -0.2) is 62.3 Å². The number of carbonyl (C=O) groups is 1. The van der Waals surface area contributed by atoms with Crippen molar-refractivity contribution in [1.82, 2.24) is 14.5 Å². The Morgan fingerprint density at radius 3 is 2.56 bits per heavy atom. The highest BCUT2D eigenvalue weighted by molar-refractivity contribution is 7.89. The van der Waals surface area contributed by atoms with Gasteiger partial charge in [-0.15, -0.1) is 0 Å². The Bertz CT molecular complexity index is 688. The molecule has 1 saturated heterocycles. The van der Waals surface area contributed by atoms with E-state index in [1.807, 2.05) is 11.8 Å². The molecule has 0 bridgehead atoms. The van der Waals surface area contributed by atoms with Crippen molar-refractivity contribution >= 4 is 27.5 Å². The van der Waals surface area contributed by atoms with Crippen LogP contribution >= 0.6 is 11.6 Å². The molecule has 1 aromatic rings. The summed E-state index contributed by atoms with van der Waals surface area (Å²) in [6.07, 6.45) is 1.98. The minimum atomic E-state index is -3.54. The minimum absolute atomic E-state index is 0.00732. The van der Waals surface area contributed by atoms with Crippen molar-refractivity contribution in [3.63, 3.8) is 0 Å². The molecule has 1 atom stereocenters. The molecule has 8 heteroatoms. The summed E-state index contributed by atoms with van der Waals surface area (Å²) in [5.74, 6) is -0.00732. The van der Waals surface area contributed by atoms with Crippen LogP contribution in [0.2, 0.25) is 5.02 Å². The van der Waals surface area contributed by atoms with Crippen molar-refractivity contribution in [2.75, 3.05) is 32.7 Å². The lowest BCUT2D eigenvalue weighted by Gasteiger charge is -2.33. The Balaban J connectivity index is 1.88. The fraction of sp³-hybridized carbons (Fsp3) is 0.588.